The molecule has 0 aromatic heterocycles. The van der Waals surface area contributed by atoms with Crippen molar-refractivity contribution in [3.63, 3.8) is 0 Å². The Bertz CT molecular complexity index is 619. The zero-order valence-electron chi connectivity index (χ0n) is 13.1. The molecule has 1 N–H and O–H groups in total. The van der Waals surface area contributed by atoms with Crippen molar-refractivity contribution in [1.82, 2.24) is 15.1 Å². The second-order valence-corrected chi connectivity index (χ2v) is 5.98. The Morgan fingerprint density at radius 1 is 1.22 bits per heavy atom. The lowest BCUT2D eigenvalue weighted by Crippen LogP contribution is -2.62. The molecule has 0 unspecified atom stereocenters. The Hall–Kier alpha value is -2.57. The van der Waals surface area contributed by atoms with E-state index in [1.165, 1.54) is 4.90 Å². The van der Waals surface area contributed by atoms with Crippen LogP contribution in [0.2, 0.25) is 0 Å². The van der Waals surface area contributed by atoms with E-state index < -0.39 is 0 Å². The van der Waals surface area contributed by atoms with Crippen molar-refractivity contribution in [2.75, 3.05) is 19.6 Å². The summed E-state index contributed by atoms with van der Waals surface area (Å²) in [6, 6.07) is 6.38. The number of benzene rings is 1. The standard InChI is InChI=1S/C16H19N3O4/c1-10(2)23-13-5-3-11(4-6-13)15(21)18-8-12(9-18)19-14(20)7-17-16(19)22/h3-6,10,12H,7-9H2,1-2H3,(H,17,22). The minimum atomic E-state index is -0.373. The van der Waals surface area contributed by atoms with E-state index in [4.69, 9.17) is 4.74 Å². The quantitative estimate of drug-likeness (QED) is 0.835. The first-order valence-corrected chi connectivity index (χ1v) is 7.61. The highest BCUT2D eigenvalue weighted by Gasteiger charge is 2.42. The second kappa shape index (κ2) is 5.91. The number of urea groups is 1. The molecular weight excluding hydrogens is 298 g/mol. The fourth-order valence-electron chi connectivity index (χ4n) is 2.72. The Morgan fingerprint density at radius 3 is 2.39 bits per heavy atom. The van der Waals surface area contributed by atoms with Gasteiger partial charge < -0.3 is 15.0 Å². The minimum Gasteiger partial charge on any atom is -0.491 e. The number of hydrogen-bond acceptors (Lipinski definition) is 4. The van der Waals surface area contributed by atoms with E-state index in [1.54, 1.807) is 29.2 Å². The number of likely N-dealkylation sites (tertiary alicyclic amines) is 1. The molecule has 0 saturated carbocycles. The van der Waals surface area contributed by atoms with Gasteiger partial charge in [0.2, 0.25) is 5.91 Å². The average Bonchev–Trinajstić information content (AvgIpc) is 2.78. The smallest absolute Gasteiger partial charge is 0.324 e. The van der Waals surface area contributed by atoms with Gasteiger partial charge in [-0.05, 0) is 38.1 Å². The van der Waals surface area contributed by atoms with Crippen LogP contribution in [-0.2, 0) is 4.79 Å². The number of nitrogens with one attached hydrogen (secondary N) is 1. The molecule has 3 rings (SSSR count). The summed E-state index contributed by atoms with van der Waals surface area (Å²) in [6.07, 6.45) is 0.0804. The molecular formula is C16H19N3O4. The van der Waals surface area contributed by atoms with Crippen LogP contribution >= 0.6 is 0 Å². The molecule has 4 amide bonds. The van der Waals surface area contributed by atoms with Crippen LogP contribution in [0.5, 0.6) is 5.75 Å². The van der Waals surface area contributed by atoms with Gasteiger partial charge in [-0.25, -0.2) is 4.79 Å². The highest BCUT2D eigenvalue weighted by Crippen LogP contribution is 2.21. The van der Waals surface area contributed by atoms with Crippen LogP contribution in [0.1, 0.15) is 24.2 Å². The number of nitrogens with zero attached hydrogens (tertiary/aromatic N) is 2. The summed E-state index contributed by atoms with van der Waals surface area (Å²) in [5.74, 6) is 0.379. The van der Waals surface area contributed by atoms with E-state index in [1.807, 2.05) is 13.8 Å². The van der Waals surface area contributed by atoms with E-state index in [9.17, 15) is 14.4 Å². The number of carbonyl (C=O) groups excluding carboxylic acids is 3. The van der Waals surface area contributed by atoms with Crippen LogP contribution < -0.4 is 10.1 Å². The summed E-state index contributed by atoms with van der Waals surface area (Å²) >= 11 is 0. The van der Waals surface area contributed by atoms with Crippen LogP contribution in [0.3, 0.4) is 0 Å². The van der Waals surface area contributed by atoms with E-state index in [0.717, 1.165) is 5.75 Å². The van der Waals surface area contributed by atoms with Gasteiger partial charge in [0.25, 0.3) is 5.91 Å². The van der Waals surface area contributed by atoms with Crippen LogP contribution in [0.4, 0.5) is 4.79 Å². The molecule has 0 atom stereocenters. The normalized spacial score (nSPS) is 18.2. The molecule has 0 aliphatic carbocycles. The number of imide groups is 1. The Labute approximate surface area is 134 Å². The summed E-state index contributed by atoms with van der Waals surface area (Å²) in [4.78, 5) is 38.4. The molecule has 0 bridgehead atoms. The van der Waals surface area contributed by atoms with Crippen LogP contribution in [0.15, 0.2) is 24.3 Å². The third-order valence-electron chi connectivity index (χ3n) is 3.87. The monoisotopic (exact) mass is 317 g/mol. The Balaban J connectivity index is 1.58. The highest BCUT2D eigenvalue weighted by atomic mass is 16.5. The van der Waals surface area contributed by atoms with E-state index in [2.05, 4.69) is 5.32 Å². The van der Waals surface area contributed by atoms with Gasteiger partial charge in [0, 0.05) is 18.7 Å². The van der Waals surface area contributed by atoms with Crippen LogP contribution in [0, 0.1) is 0 Å². The van der Waals surface area contributed by atoms with Crippen LogP contribution in [0.25, 0.3) is 0 Å². The molecule has 122 valence electrons. The predicted octanol–water partition coefficient (Wildman–Crippen LogP) is 0.850. The van der Waals surface area contributed by atoms with Gasteiger partial charge in [0.15, 0.2) is 0 Å². The van der Waals surface area contributed by atoms with Gasteiger partial charge in [0.05, 0.1) is 18.7 Å². The summed E-state index contributed by atoms with van der Waals surface area (Å²) in [6.45, 7) is 4.68. The van der Waals surface area contributed by atoms with Crippen molar-refractivity contribution < 1.29 is 19.1 Å². The van der Waals surface area contributed by atoms with Gasteiger partial charge in [-0.3, -0.25) is 14.5 Å². The van der Waals surface area contributed by atoms with Crippen molar-refractivity contribution in [3.8, 4) is 5.75 Å². The summed E-state index contributed by atoms with van der Waals surface area (Å²) in [7, 11) is 0. The lowest BCUT2D eigenvalue weighted by Gasteiger charge is -2.42. The second-order valence-electron chi connectivity index (χ2n) is 5.98. The van der Waals surface area contributed by atoms with Gasteiger partial charge >= 0.3 is 6.03 Å². The number of amides is 4. The van der Waals surface area contributed by atoms with Crippen molar-refractivity contribution in [3.05, 3.63) is 29.8 Å². The molecule has 7 nitrogen and oxygen atoms in total. The molecule has 1 aromatic rings. The molecule has 0 spiro atoms. The summed E-state index contributed by atoms with van der Waals surface area (Å²) < 4.78 is 5.54. The number of ether oxygens (including phenoxy) is 1. The number of carbonyl (C=O) groups is 3. The highest BCUT2D eigenvalue weighted by molar-refractivity contribution is 6.03. The lowest BCUT2D eigenvalue weighted by atomic mass is 10.1. The molecule has 2 aliphatic rings. The number of rotatable bonds is 4. The first-order chi connectivity index (χ1) is 11.0. The molecule has 2 saturated heterocycles. The zero-order chi connectivity index (χ0) is 16.6. The van der Waals surface area contributed by atoms with Gasteiger partial charge in [-0.1, -0.05) is 0 Å². The number of hydrogen-bond donors (Lipinski definition) is 1. The van der Waals surface area contributed by atoms with Crippen molar-refractivity contribution >= 4 is 17.8 Å². The van der Waals surface area contributed by atoms with E-state index in [0.29, 0.717) is 18.7 Å². The Morgan fingerprint density at radius 2 is 1.87 bits per heavy atom. The molecule has 0 radical (unpaired) electrons. The summed E-state index contributed by atoms with van der Waals surface area (Å²) in [5.41, 5.74) is 0.566. The van der Waals surface area contributed by atoms with Gasteiger partial charge in [-0.15, -0.1) is 0 Å². The van der Waals surface area contributed by atoms with E-state index >= 15 is 0 Å². The van der Waals surface area contributed by atoms with Crippen molar-refractivity contribution in [2.45, 2.75) is 26.0 Å². The largest absolute Gasteiger partial charge is 0.491 e. The maximum Gasteiger partial charge on any atom is 0.324 e. The predicted molar refractivity (Wildman–Crippen MR) is 82.1 cm³/mol. The van der Waals surface area contributed by atoms with E-state index in [-0.39, 0.29) is 36.5 Å². The lowest BCUT2D eigenvalue weighted by molar-refractivity contribution is -0.128. The first kappa shape index (κ1) is 15.3. The fraction of sp³-hybridized carbons (Fsp3) is 0.438. The molecule has 2 fully saturated rings. The average molecular weight is 317 g/mol. The van der Waals surface area contributed by atoms with Crippen molar-refractivity contribution in [2.24, 2.45) is 0 Å². The molecule has 1 aromatic carbocycles. The first-order valence-electron chi connectivity index (χ1n) is 7.61. The molecule has 7 heteroatoms. The SMILES string of the molecule is CC(C)Oc1ccc(C(=O)N2CC(N3C(=O)CNC3=O)C2)cc1. The van der Waals surface area contributed by atoms with Crippen molar-refractivity contribution in [1.29, 1.82) is 0 Å². The molecule has 23 heavy (non-hydrogen) atoms. The molecule has 2 heterocycles. The zero-order valence-corrected chi connectivity index (χ0v) is 13.1. The maximum atomic E-state index is 12.4. The van der Waals surface area contributed by atoms with Crippen LogP contribution in [-0.4, -0.2) is 59.4 Å². The molecule has 2 aliphatic heterocycles. The van der Waals surface area contributed by atoms with Gasteiger partial charge in [0.1, 0.15) is 5.75 Å². The fourth-order valence-corrected chi connectivity index (χ4v) is 2.72. The van der Waals surface area contributed by atoms with Gasteiger partial charge in [-0.2, -0.15) is 0 Å². The summed E-state index contributed by atoms with van der Waals surface area (Å²) in [5, 5.41) is 2.49. The Kier molecular flexibility index (Phi) is 3.94. The minimum absolute atomic E-state index is 0.0423. The topological polar surface area (TPSA) is 79.0 Å². The third-order valence-corrected chi connectivity index (χ3v) is 3.87. The maximum absolute atomic E-state index is 12.4. The third kappa shape index (κ3) is 2.99.